The number of hydrogen-bond donors (Lipinski definition) is 1. The van der Waals surface area contributed by atoms with Crippen LogP contribution in [0.15, 0.2) is 18.3 Å². The van der Waals surface area contributed by atoms with Gasteiger partial charge in [0.1, 0.15) is 5.82 Å². The molecule has 2 nitrogen and oxygen atoms in total. The second kappa shape index (κ2) is 5.40. The molecule has 15 heavy (non-hydrogen) atoms. The second-order valence-corrected chi connectivity index (χ2v) is 5.27. The van der Waals surface area contributed by atoms with Crippen LogP contribution in [0.3, 0.4) is 0 Å². The van der Waals surface area contributed by atoms with Gasteiger partial charge in [0.2, 0.25) is 0 Å². The van der Waals surface area contributed by atoms with Crippen LogP contribution in [-0.2, 0) is 5.75 Å². The van der Waals surface area contributed by atoms with E-state index in [0.29, 0.717) is 0 Å². The largest absolute Gasteiger partial charge is 0.373 e. The van der Waals surface area contributed by atoms with E-state index < -0.39 is 0 Å². The molecule has 0 atom stereocenters. The van der Waals surface area contributed by atoms with Crippen molar-refractivity contribution in [3.05, 3.63) is 23.9 Å². The van der Waals surface area contributed by atoms with Crippen LogP contribution in [0.25, 0.3) is 0 Å². The fraction of sp³-hybridized carbons (Fsp3) is 0.583. The van der Waals surface area contributed by atoms with Gasteiger partial charge in [-0.1, -0.05) is 18.9 Å². The van der Waals surface area contributed by atoms with Crippen LogP contribution in [-0.4, -0.2) is 17.3 Å². The number of rotatable bonds is 4. The lowest BCUT2D eigenvalue weighted by Gasteiger charge is -2.10. The van der Waals surface area contributed by atoms with Gasteiger partial charge >= 0.3 is 0 Å². The maximum atomic E-state index is 4.32. The van der Waals surface area contributed by atoms with E-state index >= 15 is 0 Å². The number of nitrogens with zero attached hydrogens (tertiary/aromatic N) is 1. The second-order valence-electron chi connectivity index (χ2n) is 3.98. The Morgan fingerprint density at radius 3 is 3.00 bits per heavy atom. The molecule has 82 valence electrons. The third-order valence-electron chi connectivity index (χ3n) is 2.90. The van der Waals surface area contributed by atoms with Gasteiger partial charge in [-0.2, -0.15) is 11.8 Å². The molecule has 0 radical (unpaired) electrons. The molecule has 0 bridgehead atoms. The highest BCUT2D eigenvalue weighted by molar-refractivity contribution is 7.99. The minimum absolute atomic E-state index is 0.884. The molecule has 1 aromatic heterocycles. The van der Waals surface area contributed by atoms with Gasteiger partial charge in [-0.3, -0.25) is 0 Å². The summed E-state index contributed by atoms with van der Waals surface area (Å²) >= 11 is 2.09. The summed E-state index contributed by atoms with van der Waals surface area (Å²) in [6.07, 6.45) is 7.49. The Balaban J connectivity index is 1.91. The summed E-state index contributed by atoms with van der Waals surface area (Å²) in [5.41, 5.74) is 1.33. The van der Waals surface area contributed by atoms with Crippen LogP contribution >= 0.6 is 11.8 Å². The number of pyridine rings is 1. The maximum Gasteiger partial charge on any atom is 0.129 e. The zero-order valence-electron chi connectivity index (χ0n) is 9.20. The Labute approximate surface area is 95.9 Å². The van der Waals surface area contributed by atoms with Gasteiger partial charge in [-0.05, 0) is 18.9 Å². The van der Waals surface area contributed by atoms with Crippen LogP contribution in [0, 0.1) is 0 Å². The minimum atomic E-state index is 0.884. The zero-order chi connectivity index (χ0) is 10.5. The molecular formula is C12H18N2S. The van der Waals surface area contributed by atoms with Crippen LogP contribution in [0.1, 0.15) is 31.2 Å². The van der Waals surface area contributed by atoms with Crippen LogP contribution in [0.2, 0.25) is 0 Å². The fourth-order valence-corrected chi connectivity index (χ4v) is 3.36. The van der Waals surface area contributed by atoms with Gasteiger partial charge < -0.3 is 5.32 Å². The van der Waals surface area contributed by atoms with Crippen molar-refractivity contribution in [3.8, 4) is 0 Å². The third kappa shape index (κ3) is 2.88. The molecule has 0 saturated heterocycles. The van der Waals surface area contributed by atoms with Gasteiger partial charge in [0, 0.05) is 29.8 Å². The van der Waals surface area contributed by atoms with Crippen molar-refractivity contribution in [1.29, 1.82) is 0 Å². The molecule has 1 fully saturated rings. The Morgan fingerprint density at radius 1 is 1.47 bits per heavy atom. The number of thioether (sulfide) groups is 1. The van der Waals surface area contributed by atoms with E-state index in [4.69, 9.17) is 0 Å². The lowest BCUT2D eigenvalue weighted by Crippen LogP contribution is -1.99. The monoisotopic (exact) mass is 222 g/mol. The highest BCUT2D eigenvalue weighted by atomic mass is 32.2. The van der Waals surface area contributed by atoms with E-state index in [1.807, 2.05) is 19.3 Å². The molecule has 1 aliphatic carbocycles. The van der Waals surface area contributed by atoms with Gasteiger partial charge in [-0.25, -0.2) is 4.98 Å². The fourth-order valence-electron chi connectivity index (χ4n) is 2.04. The molecule has 1 N–H and O–H groups in total. The molecule has 0 aromatic carbocycles. The Bertz CT molecular complexity index is 308. The molecule has 0 amide bonds. The van der Waals surface area contributed by atoms with Crippen molar-refractivity contribution in [1.82, 2.24) is 4.98 Å². The smallest absolute Gasteiger partial charge is 0.129 e. The number of nitrogens with one attached hydrogen (secondary N) is 1. The van der Waals surface area contributed by atoms with E-state index in [2.05, 4.69) is 28.1 Å². The average Bonchev–Trinajstić information content (AvgIpc) is 2.79. The van der Waals surface area contributed by atoms with Crippen molar-refractivity contribution in [2.75, 3.05) is 12.4 Å². The molecule has 1 heterocycles. The van der Waals surface area contributed by atoms with Crippen molar-refractivity contribution in [2.45, 2.75) is 36.7 Å². The molecule has 0 spiro atoms. The first kappa shape index (κ1) is 10.8. The molecule has 1 aliphatic rings. The zero-order valence-corrected chi connectivity index (χ0v) is 10.0. The standard InChI is InChI=1S/C12H18N2S/c1-13-12-10(5-4-8-14-12)9-15-11-6-2-3-7-11/h4-5,8,11H,2-3,6-7,9H2,1H3,(H,13,14). The van der Waals surface area contributed by atoms with E-state index in [9.17, 15) is 0 Å². The first-order valence-electron chi connectivity index (χ1n) is 5.63. The van der Waals surface area contributed by atoms with Gasteiger partial charge in [0.05, 0.1) is 0 Å². The summed E-state index contributed by atoms with van der Waals surface area (Å²) in [5, 5.41) is 4.03. The minimum Gasteiger partial charge on any atom is -0.373 e. The molecule has 1 aromatic rings. The number of aromatic nitrogens is 1. The van der Waals surface area contributed by atoms with E-state index in [0.717, 1.165) is 16.8 Å². The van der Waals surface area contributed by atoms with Gasteiger partial charge in [0.25, 0.3) is 0 Å². The molecule has 3 heteroatoms. The lowest BCUT2D eigenvalue weighted by atomic mass is 10.3. The Hall–Kier alpha value is -0.700. The highest BCUT2D eigenvalue weighted by Gasteiger charge is 2.15. The average molecular weight is 222 g/mol. The summed E-state index contributed by atoms with van der Waals surface area (Å²) < 4.78 is 0. The van der Waals surface area contributed by atoms with E-state index in [1.165, 1.54) is 31.2 Å². The Kier molecular flexibility index (Phi) is 3.89. The quantitative estimate of drug-likeness (QED) is 0.846. The van der Waals surface area contributed by atoms with E-state index in [-0.39, 0.29) is 0 Å². The maximum absolute atomic E-state index is 4.32. The van der Waals surface area contributed by atoms with Crippen LogP contribution in [0.5, 0.6) is 0 Å². The first-order valence-corrected chi connectivity index (χ1v) is 6.68. The summed E-state index contributed by atoms with van der Waals surface area (Å²) in [4.78, 5) is 4.32. The Morgan fingerprint density at radius 2 is 2.27 bits per heavy atom. The molecule has 0 unspecified atom stereocenters. The number of anilines is 1. The summed E-state index contributed by atoms with van der Waals surface area (Å²) in [6.45, 7) is 0. The van der Waals surface area contributed by atoms with E-state index in [1.54, 1.807) is 0 Å². The predicted molar refractivity (Wildman–Crippen MR) is 67.3 cm³/mol. The summed E-state index contributed by atoms with van der Waals surface area (Å²) in [5.74, 6) is 2.12. The predicted octanol–water partition coefficient (Wildman–Crippen LogP) is 3.30. The molecule has 2 rings (SSSR count). The summed E-state index contributed by atoms with van der Waals surface area (Å²) in [6, 6.07) is 4.19. The van der Waals surface area contributed by atoms with Crippen LogP contribution in [0.4, 0.5) is 5.82 Å². The highest BCUT2D eigenvalue weighted by Crippen LogP contribution is 2.32. The number of hydrogen-bond acceptors (Lipinski definition) is 3. The van der Waals surface area contributed by atoms with Crippen molar-refractivity contribution in [3.63, 3.8) is 0 Å². The lowest BCUT2D eigenvalue weighted by molar-refractivity contribution is 0.886. The van der Waals surface area contributed by atoms with Gasteiger partial charge in [0.15, 0.2) is 0 Å². The molecular weight excluding hydrogens is 204 g/mol. The van der Waals surface area contributed by atoms with Crippen molar-refractivity contribution in [2.24, 2.45) is 0 Å². The third-order valence-corrected chi connectivity index (χ3v) is 4.33. The van der Waals surface area contributed by atoms with Gasteiger partial charge in [-0.15, -0.1) is 0 Å². The molecule has 0 aliphatic heterocycles. The van der Waals surface area contributed by atoms with Crippen LogP contribution < -0.4 is 5.32 Å². The summed E-state index contributed by atoms with van der Waals surface area (Å²) in [7, 11) is 1.94. The van der Waals surface area contributed by atoms with Crippen molar-refractivity contribution >= 4 is 17.6 Å². The normalized spacial score (nSPS) is 16.9. The van der Waals surface area contributed by atoms with Crippen molar-refractivity contribution < 1.29 is 0 Å². The first-order chi connectivity index (χ1) is 7.40. The SMILES string of the molecule is CNc1ncccc1CSC1CCCC1. The topological polar surface area (TPSA) is 24.9 Å². The molecule has 1 saturated carbocycles.